The van der Waals surface area contributed by atoms with Crippen LogP contribution in [0.4, 0.5) is 10.1 Å². The van der Waals surface area contributed by atoms with Crippen LogP contribution in [0.25, 0.3) is 0 Å². The van der Waals surface area contributed by atoms with Gasteiger partial charge in [0.05, 0.1) is 23.8 Å². The van der Waals surface area contributed by atoms with Crippen LogP contribution in [0.15, 0.2) is 47.6 Å². The number of hydrogen-bond donors (Lipinski definition) is 1. The minimum Gasteiger partial charge on any atom is -0.263 e. The fourth-order valence-electron chi connectivity index (χ4n) is 4.73. The van der Waals surface area contributed by atoms with Gasteiger partial charge < -0.3 is 0 Å². The summed E-state index contributed by atoms with van der Waals surface area (Å²) in [5, 5.41) is 7.53. The standard InChI is InChI=1S/C24H27Cl2FN4O/c1-3-19-22(24(32)29-31(2)13-5-4-6-14-31)28-30(21-12-9-17(25)15-20(21)26)23(19)16-7-10-18(27)11-8-16/h7-12,15,19,23H,3-6,13-14H2,1-2H3/p+1. The van der Waals surface area contributed by atoms with Crippen molar-refractivity contribution in [3.05, 3.63) is 63.9 Å². The quantitative estimate of drug-likeness (QED) is 0.558. The average Bonchev–Trinajstić information content (AvgIpc) is 3.14. The van der Waals surface area contributed by atoms with E-state index in [-0.39, 0.29) is 23.7 Å². The molecule has 0 bridgehead atoms. The van der Waals surface area contributed by atoms with Gasteiger partial charge in [0.25, 0.3) is 0 Å². The van der Waals surface area contributed by atoms with Crippen LogP contribution in [0.5, 0.6) is 0 Å². The zero-order valence-electron chi connectivity index (χ0n) is 18.3. The second kappa shape index (κ2) is 9.38. The molecule has 1 amide bonds. The highest BCUT2D eigenvalue weighted by Gasteiger charge is 2.43. The van der Waals surface area contributed by atoms with Crippen LogP contribution in [-0.2, 0) is 4.79 Å². The number of likely N-dealkylation sites (tertiary alicyclic amines) is 1. The molecular weight excluding hydrogens is 450 g/mol. The van der Waals surface area contributed by atoms with Gasteiger partial charge in [-0.05, 0) is 61.6 Å². The molecule has 2 aromatic rings. The number of benzene rings is 2. The number of hydrogen-bond acceptors (Lipinski definition) is 3. The maximum atomic E-state index is 13.6. The molecule has 0 radical (unpaired) electrons. The predicted octanol–water partition coefficient (Wildman–Crippen LogP) is 5.74. The fourth-order valence-corrected chi connectivity index (χ4v) is 5.23. The molecule has 0 aliphatic carbocycles. The topological polar surface area (TPSA) is 44.7 Å². The lowest BCUT2D eigenvalue weighted by atomic mass is 9.87. The summed E-state index contributed by atoms with van der Waals surface area (Å²) in [5.41, 5.74) is 5.20. The fraction of sp³-hybridized carbons (Fsp3) is 0.417. The summed E-state index contributed by atoms with van der Waals surface area (Å²) in [6, 6.07) is 11.3. The van der Waals surface area contributed by atoms with Crippen molar-refractivity contribution in [1.82, 2.24) is 5.43 Å². The number of hydrazone groups is 1. The van der Waals surface area contributed by atoms with Crippen LogP contribution in [0.1, 0.15) is 44.2 Å². The van der Waals surface area contributed by atoms with Crippen molar-refractivity contribution >= 4 is 40.5 Å². The summed E-state index contributed by atoms with van der Waals surface area (Å²) < 4.78 is 14.2. The van der Waals surface area contributed by atoms with Gasteiger partial charge in [-0.1, -0.05) is 42.3 Å². The van der Waals surface area contributed by atoms with Gasteiger partial charge in [-0.3, -0.25) is 9.80 Å². The Morgan fingerprint density at radius 3 is 2.47 bits per heavy atom. The summed E-state index contributed by atoms with van der Waals surface area (Å²) in [6.45, 7) is 3.85. The second-order valence-corrected chi connectivity index (χ2v) is 9.63. The third-order valence-electron chi connectivity index (χ3n) is 6.43. The molecule has 2 aromatic carbocycles. The van der Waals surface area contributed by atoms with Crippen LogP contribution in [0.3, 0.4) is 0 Å². The van der Waals surface area contributed by atoms with Gasteiger partial charge in [-0.25, -0.2) is 8.98 Å². The van der Waals surface area contributed by atoms with E-state index in [1.165, 1.54) is 18.6 Å². The minimum atomic E-state index is -0.308. The molecule has 2 aliphatic rings. The van der Waals surface area contributed by atoms with Gasteiger partial charge in [0.15, 0.2) is 0 Å². The molecule has 8 heteroatoms. The second-order valence-electron chi connectivity index (χ2n) is 8.78. The summed E-state index contributed by atoms with van der Waals surface area (Å²) >= 11 is 12.6. The number of nitrogens with zero attached hydrogens (tertiary/aromatic N) is 3. The maximum absolute atomic E-state index is 13.6. The number of carbonyl (C=O) groups is 1. The summed E-state index contributed by atoms with van der Waals surface area (Å²) in [6.07, 6.45) is 4.06. The molecule has 1 fully saturated rings. The molecule has 32 heavy (non-hydrogen) atoms. The maximum Gasteiger partial charge on any atom is 0.312 e. The van der Waals surface area contributed by atoms with E-state index < -0.39 is 0 Å². The first-order valence-electron chi connectivity index (χ1n) is 11.1. The van der Waals surface area contributed by atoms with Crippen molar-refractivity contribution in [3.63, 3.8) is 0 Å². The van der Waals surface area contributed by atoms with Gasteiger partial charge in [0, 0.05) is 10.9 Å². The number of piperidine rings is 1. The molecule has 1 saturated heterocycles. The number of nitrogens with one attached hydrogen (secondary N) is 1. The van der Waals surface area contributed by atoms with Crippen LogP contribution < -0.4 is 10.4 Å². The Bertz CT molecular complexity index is 1020. The van der Waals surface area contributed by atoms with Crippen molar-refractivity contribution in [2.75, 3.05) is 25.1 Å². The zero-order chi connectivity index (χ0) is 22.9. The number of amides is 1. The molecule has 0 saturated carbocycles. The highest BCUT2D eigenvalue weighted by Crippen LogP contribution is 2.43. The van der Waals surface area contributed by atoms with Crippen LogP contribution in [0, 0.1) is 11.7 Å². The molecule has 2 heterocycles. The van der Waals surface area contributed by atoms with Crippen molar-refractivity contribution in [3.8, 4) is 0 Å². The summed E-state index contributed by atoms with van der Waals surface area (Å²) in [4.78, 5) is 13.4. The van der Waals surface area contributed by atoms with E-state index >= 15 is 0 Å². The molecule has 1 N–H and O–H groups in total. The Balaban J connectivity index is 1.73. The molecule has 4 rings (SSSR count). The van der Waals surface area contributed by atoms with Gasteiger partial charge in [-0.15, -0.1) is 0 Å². The van der Waals surface area contributed by atoms with E-state index in [1.807, 2.05) is 6.92 Å². The summed E-state index contributed by atoms with van der Waals surface area (Å²) in [7, 11) is 2.05. The van der Waals surface area contributed by atoms with E-state index in [9.17, 15) is 9.18 Å². The smallest absolute Gasteiger partial charge is 0.263 e. The lowest BCUT2D eigenvalue weighted by molar-refractivity contribution is -0.947. The molecule has 2 atom stereocenters. The molecule has 0 aromatic heterocycles. The van der Waals surface area contributed by atoms with Gasteiger partial charge >= 0.3 is 5.91 Å². The van der Waals surface area contributed by atoms with Gasteiger partial charge in [0.1, 0.15) is 24.6 Å². The van der Waals surface area contributed by atoms with Gasteiger partial charge in [-0.2, -0.15) is 10.5 Å². The number of rotatable bonds is 5. The minimum absolute atomic E-state index is 0.166. The lowest BCUT2D eigenvalue weighted by Gasteiger charge is -2.36. The Morgan fingerprint density at radius 1 is 1.16 bits per heavy atom. The molecule has 2 unspecified atom stereocenters. The first-order valence-corrected chi connectivity index (χ1v) is 11.8. The van der Waals surface area contributed by atoms with E-state index in [2.05, 4.69) is 12.5 Å². The Hall–Kier alpha value is -2.15. The molecule has 170 valence electrons. The number of carbonyl (C=O) groups excluding carboxylic acids is 1. The molecule has 5 nitrogen and oxygen atoms in total. The third kappa shape index (κ3) is 4.63. The van der Waals surface area contributed by atoms with E-state index in [4.69, 9.17) is 28.3 Å². The van der Waals surface area contributed by atoms with E-state index in [0.717, 1.165) is 31.5 Å². The van der Waals surface area contributed by atoms with E-state index in [1.54, 1.807) is 35.3 Å². The first-order chi connectivity index (χ1) is 15.3. The van der Waals surface area contributed by atoms with Crippen LogP contribution >= 0.6 is 23.2 Å². The van der Waals surface area contributed by atoms with E-state index in [0.29, 0.717) is 32.5 Å². The van der Waals surface area contributed by atoms with Crippen molar-refractivity contribution in [2.24, 2.45) is 11.0 Å². The number of halogens is 3. The molecule has 0 spiro atoms. The number of anilines is 1. The first kappa shape index (κ1) is 23.0. The van der Waals surface area contributed by atoms with Crippen molar-refractivity contribution < 1.29 is 13.8 Å². The highest BCUT2D eigenvalue weighted by atomic mass is 35.5. The normalized spacial score (nSPS) is 22.5. The van der Waals surface area contributed by atoms with Crippen molar-refractivity contribution in [1.29, 1.82) is 0 Å². The van der Waals surface area contributed by atoms with Gasteiger partial charge in [0.2, 0.25) is 0 Å². The Morgan fingerprint density at radius 2 is 1.84 bits per heavy atom. The largest absolute Gasteiger partial charge is 0.312 e. The molecule has 2 aliphatic heterocycles. The third-order valence-corrected chi connectivity index (χ3v) is 6.96. The monoisotopic (exact) mass is 477 g/mol. The number of quaternary nitrogens is 1. The Kier molecular flexibility index (Phi) is 6.75. The van der Waals surface area contributed by atoms with Crippen LogP contribution in [-0.4, -0.2) is 36.3 Å². The molecular formula is C24H28Cl2FN4O+. The highest BCUT2D eigenvalue weighted by molar-refractivity contribution is 6.40. The lowest BCUT2D eigenvalue weighted by Crippen LogP contribution is -2.61. The predicted molar refractivity (Wildman–Crippen MR) is 127 cm³/mol. The van der Waals surface area contributed by atoms with Crippen molar-refractivity contribution in [2.45, 2.75) is 38.6 Å². The average molecular weight is 478 g/mol. The zero-order valence-corrected chi connectivity index (χ0v) is 19.8. The Labute approximate surface area is 198 Å². The van der Waals surface area contributed by atoms with Crippen LogP contribution in [0.2, 0.25) is 10.0 Å². The SMILES string of the molecule is CCC1C(C(=O)N[N+]2(C)CCCCC2)=NN(c2ccc(Cl)cc2Cl)C1c1ccc(F)cc1. The summed E-state index contributed by atoms with van der Waals surface area (Å²) in [5.74, 6) is -0.651.